The lowest BCUT2D eigenvalue weighted by Crippen LogP contribution is -2.38. The van der Waals surface area contributed by atoms with Crippen LogP contribution < -0.4 is 15.5 Å². The molecule has 4 rings (SSSR count). The second-order valence-corrected chi connectivity index (χ2v) is 8.29. The number of amides is 1. The largest absolute Gasteiger partial charge is 0.503 e. The van der Waals surface area contributed by atoms with Gasteiger partial charge in [-0.05, 0) is 38.8 Å². The van der Waals surface area contributed by atoms with Gasteiger partial charge in [-0.1, -0.05) is 25.0 Å². The molecule has 174 valence electrons. The number of aromatic hydroxyl groups is 1. The molecular formula is C24H29N5O4. The fraction of sp³-hybridized carbons (Fsp3) is 0.417. The second-order valence-electron chi connectivity index (χ2n) is 8.29. The molecule has 9 heteroatoms. The molecule has 9 nitrogen and oxygen atoms in total. The number of allylic oxidation sites excluding steroid dienone is 1. The average molecular weight is 452 g/mol. The topological polar surface area (TPSA) is 111 Å². The Morgan fingerprint density at radius 2 is 2.12 bits per heavy atom. The van der Waals surface area contributed by atoms with E-state index in [1.54, 1.807) is 13.1 Å². The molecule has 0 aromatic carbocycles. The Balaban J connectivity index is 1.74. The van der Waals surface area contributed by atoms with Crippen molar-refractivity contribution in [1.29, 1.82) is 0 Å². The summed E-state index contributed by atoms with van der Waals surface area (Å²) in [5.41, 5.74) is -0.623. The van der Waals surface area contributed by atoms with Gasteiger partial charge in [0.05, 0.1) is 23.7 Å². The molecule has 1 aliphatic rings. The number of ether oxygens (including phenoxy) is 1. The van der Waals surface area contributed by atoms with E-state index in [0.717, 1.165) is 42.5 Å². The summed E-state index contributed by atoms with van der Waals surface area (Å²) in [6, 6.07) is 3.86. The summed E-state index contributed by atoms with van der Waals surface area (Å²) < 4.78 is 9.57. The predicted molar refractivity (Wildman–Crippen MR) is 125 cm³/mol. The maximum atomic E-state index is 12.3. The molecular weight excluding hydrogens is 422 g/mol. The van der Waals surface area contributed by atoms with E-state index in [-0.39, 0.29) is 11.2 Å². The van der Waals surface area contributed by atoms with Crippen molar-refractivity contribution in [3.05, 3.63) is 58.8 Å². The van der Waals surface area contributed by atoms with E-state index in [4.69, 9.17) is 4.74 Å². The molecule has 0 atom stereocenters. The molecule has 0 radical (unpaired) electrons. The van der Waals surface area contributed by atoms with Crippen LogP contribution in [0.25, 0.3) is 11.0 Å². The maximum absolute atomic E-state index is 12.3. The quantitative estimate of drug-likeness (QED) is 0.510. The summed E-state index contributed by atoms with van der Waals surface area (Å²) >= 11 is 0. The fourth-order valence-electron chi connectivity index (χ4n) is 4.56. The van der Waals surface area contributed by atoms with Crippen molar-refractivity contribution in [3.8, 4) is 11.5 Å². The van der Waals surface area contributed by atoms with Gasteiger partial charge < -0.3 is 19.7 Å². The van der Waals surface area contributed by atoms with Crippen molar-refractivity contribution in [1.82, 2.24) is 24.6 Å². The van der Waals surface area contributed by atoms with Crippen LogP contribution in [0.5, 0.6) is 11.5 Å². The predicted octanol–water partition coefficient (Wildman–Crippen LogP) is 2.97. The van der Waals surface area contributed by atoms with Crippen LogP contribution in [-0.4, -0.2) is 43.5 Å². The second kappa shape index (κ2) is 9.48. The molecule has 33 heavy (non-hydrogen) atoms. The normalized spacial score (nSPS) is 15.3. The number of fused-ring (bicyclic) bond motifs is 1. The van der Waals surface area contributed by atoms with Crippen LogP contribution in [0.2, 0.25) is 0 Å². The van der Waals surface area contributed by atoms with Crippen LogP contribution in [0, 0.1) is 0 Å². The number of nitrogens with one attached hydrogen (secondary N) is 1. The average Bonchev–Trinajstić information content (AvgIpc) is 3.45. The molecule has 1 amide bonds. The SMILES string of the molecule is C/C=C/COc1ccnc2c1ccn2C1(Cn2cc(O)c(=O)c(C(=O)NCC)n2)CCCC1. The van der Waals surface area contributed by atoms with Gasteiger partial charge in [-0.25, -0.2) is 4.98 Å². The van der Waals surface area contributed by atoms with Crippen molar-refractivity contribution >= 4 is 16.9 Å². The van der Waals surface area contributed by atoms with Gasteiger partial charge in [0.2, 0.25) is 0 Å². The zero-order valence-electron chi connectivity index (χ0n) is 19.0. The molecule has 3 heterocycles. The minimum Gasteiger partial charge on any atom is -0.503 e. The summed E-state index contributed by atoms with van der Waals surface area (Å²) in [6.45, 7) is 4.94. The summed E-state index contributed by atoms with van der Waals surface area (Å²) in [5.74, 6) is -0.319. The van der Waals surface area contributed by atoms with Gasteiger partial charge in [-0.2, -0.15) is 5.10 Å². The van der Waals surface area contributed by atoms with Crippen LogP contribution in [0.15, 0.2) is 47.7 Å². The number of rotatable bonds is 8. The van der Waals surface area contributed by atoms with E-state index in [0.29, 0.717) is 19.7 Å². The van der Waals surface area contributed by atoms with E-state index in [1.807, 2.05) is 37.4 Å². The highest BCUT2D eigenvalue weighted by molar-refractivity contribution is 5.92. The molecule has 3 aromatic rings. The third-order valence-corrected chi connectivity index (χ3v) is 6.12. The van der Waals surface area contributed by atoms with Crippen molar-refractivity contribution in [2.45, 2.75) is 51.6 Å². The van der Waals surface area contributed by atoms with Crippen molar-refractivity contribution < 1.29 is 14.6 Å². The monoisotopic (exact) mass is 451 g/mol. The van der Waals surface area contributed by atoms with Crippen LogP contribution >= 0.6 is 0 Å². The van der Waals surface area contributed by atoms with Gasteiger partial charge in [0, 0.05) is 18.9 Å². The van der Waals surface area contributed by atoms with Crippen LogP contribution in [0.4, 0.5) is 0 Å². The smallest absolute Gasteiger partial charge is 0.275 e. The first-order valence-corrected chi connectivity index (χ1v) is 11.3. The Morgan fingerprint density at radius 3 is 2.85 bits per heavy atom. The maximum Gasteiger partial charge on any atom is 0.275 e. The fourth-order valence-corrected chi connectivity index (χ4v) is 4.56. The Bertz CT molecular complexity index is 1240. The van der Waals surface area contributed by atoms with E-state index >= 15 is 0 Å². The lowest BCUT2D eigenvalue weighted by atomic mass is 9.97. The molecule has 0 aliphatic heterocycles. The highest BCUT2D eigenvalue weighted by Crippen LogP contribution is 2.41. The van der Waals surface area contributed by atoms with Gasteiger partial charge in [0.1, 0.15) is 18.0 Å². The zero-order valence-corrected chi connectivity index (χ0v) is 19.0. The number of carbonyl (C=O) groups excluding carboxylic acids is 1. The first-order valence-electron chi connectivity index (χ1n) is 11.3. The number of carbonyl (C=O) groups is 1. The zero-order chi connectivity index (χ0) is 23.4. The van der Waals surface area contributed by atoms with Gasteiger partial charge in [-0.3, -0.25) is 14.3 Å². The van der Waals surface area contributed by atoms with Gasteiger partial charge in [-0.15, -0.1) is 0 Å². The molecule has 1 saturated carbocycles. The lowest BCUT2D eigenvalue weighted by Gasteiger charge is -2.32. The van der Waals surface area contributed by atoms with Crippen molar-refractivity contribution in [2.24, 2.45) is 0 Å². The first-order chi connectivity index (χ1) is 16.0. The standard InChI is InChI=1S/C24H29N5O4/c1-3-5-14-33-19-8-12-26-22-17(19)9-13-29(22)24(10-6-7-11-24)16-28-15-18(30)21(31)20(27-28)23(32)25-4-2/h3,5,8-9,12-13,15,30H,4,6-7,10-11,14,16H2,1-2H3,(H,25,32)/b5-3+. The van der Waals surface area contributed by atoms with Gasteiger partial charge in [0.25, 0.3) is 11.3 Å². The first kappa shape index (κ1) is 22.6. The highest BCUT2D eigenvalue weighted by Gasteiger charge is 2.38. The summed E-state index contributed by atoms with van der Waals surface area (Å²) in [4.78, 5) is 29.2. The minimum atomic E-state index is -0.770. The summed E-state index contributed by atoms with van der Waals surface area (Å²) in [5, 5.41) is 18.0. The number of nitrogens with zero attached hydrogens (tertiary/aromatic N) is 4. The van der Waals surface area contributed by atoms with Crippen LogP contribution in [-0.2, 0) is 12.1 Å². The van der Waals surface area contributed by atoms with E-state index in [2.05, 4.69) is 20.0 Å². The van der Waals surface area contributed by atoms with E-state index < -0.39 is 17.1 Å². The Kier molecular flexibility index (Phi) is 6.48. The number of aromatic nitrogens is 4. The van der Waals surface area contributed by atoms with Crippen LogP contribution in [0.3, 0.4) is 0 Å². The van der Waals surface area contributed by atoms with E-state index in [9.17, 15) is 14.7 Å². The molecule has 2 N–H and O–H groups in total. The number of hydrogen-bond acceptors (Lipinski definition) is 6. The van der Waals surface area contributed by atoms with Crippen LogP contribution in [0.1, 0.15) is 50.0 Å². The van der Waals surface area contributed by atoms with Crippen molar-refractivity contribution in [3.63, 3.8) is 0 Å². The molecule has 1 aliphatic carbocycles. The minimum absolute atomic E-state index is 0.305. The Hall–Kier alpha value is -3.62. The third-order valence-electron chi connectivity index (χ3n) is 6.12. The Morgan fingerprint density at radius 1 is 1.33 bits per heavy atom. The summed E-state index contributed by atoms with van der Waals surface area (Å²) in [7, 11) is 0. The highest BCUT2D eigenvalue weighted by atomic mass is 16.5. The molecule has 3 aromatic heterocycles. The lowest BCUT2D eigenvalue weighted by molar-refractivity contribution is 0.0945. The molecule has 1 fully saturated rings. The third kappa shape index (κ3) is 4.35. The van der Waals surface area contributed by atoms with Gasteiger partial charge >= 0.3 is 0 Å². The number of pyridine rings is 1. The molecule has 0 unspecified atom stereocenters. The Labute approximate surface area is 191 Å². The van der Waals surface area contributed by atoms with Gasteiger partial charge in [0.15, 0.2) is 11.4 Å². The van der Waals surface area contributed by atoms with Crippen molar-refractivity contribution in [2.75, 3.05) is 13.2 Å². The van der Waals surface area contributed by atoms with E-state index in [1.165, 1.54) is 10.9 Å². The number of hydrogen-bond donors (Lipinski definition) is 2. The summed E-state index contributed by atoms with van der Waals surface area (Å²) in [6.07, 6.45) is 12.8. The molecule has 0 bridgehead atoms. The molecule has 0 spiro atoms. The molecule has 0 saturated heterocycles.